The van der Waals surface area contributed by atoms with Gasteiger partial charge >= 0.3 is 0 Å². The van der Waals surface area contributed by atoms with Gasteiger partial charge in [0.25, 0.3) is 5.91 Å². The maximum absolute atomic E-state index is 11.8. The van der Waals surface area contributed by atoms with Gasteiger partial charge in [-0.3, -0.25) is 9.78 Å². The van der Waals surface area contributed by atoms with Gasteiger partial charge < -0.3 is 14.8 Å². The molecular formula is C18H20N2O3. The molecule has 0 unspecified atom stereocenters. The van der Waals surface area contributed by atoms with Gasteiger partial charge in [0.2, 0.25) is 0 Å². The molecule has 0 aliphatic heterocycles. The molecule has 0 bridgehead atoms. The largest absolute Gasteiger partial charge is 0.493 e. The number of ether oxygens (including phenoxy) is 2. The molecule has 0 saturated heterocycles. The number of nitrogens with one attached hydrogen (secondary N) is 1. The van der Waals surface area contributed by atoms with Crippen LogP contribution < -0.4 is 14.8 Å². The van der Waals surface area contributed by atoms with E-state index in [9.17, 15) is 4.79 Å². The highest BCUT2D eigenvalue weighted by Gasteiger charge is 2.08. The summed E-state index contributed by atoms with van der Waals surface area (Å²) >= 11 is 0. The Labute approximate surface area is 136 Å². The Balaban J connectivity index is 1.87. The number of carbonyl (C=O) groups excluding carboxylic acids is 1. The standard InChI is InChI=1S/C18H20N2O3/c1-3-5-14-7-8-16(17(10-14)22-2)23-13-18(21)20-12-15-6-4-9-19-11-15/h3-4,6-11H,1,5,12-13H2,2H3,(H,20,21). The molecule has 2 aromatic rings. The number of benzene rings is 1. The van der Waals surface area contributed by atoms with Crippen molar-refractivity contribution in [2.24, 2.45) is 0 Å². The van der Waals surface area contributed by atoms with E-state index < -0.39 is 0 Å². The van der Waals surface area contributed by atoms with Gasteiger partial charge in [0.15, 0.2) is 18.1 Å². The van der Waals surface area contributed by atoms with Crippen LogP contribution in [-0.4, -0.2) is 24.6 Å². The van der Waals surface area contributed by atoms with Crippen molar-refractivity contribution in [1.29, 1.82) is 0 Å². The van der Waals surface area contributed by atoms with E-state index in [0.717, 1.165) is 17.5 Å². The van der Waals surface area contributed by atoms with E-state index in [-0.39, 0.29) is 12.5 Å². The van der Waals surface area contributed by atoms with Gasteiger partial charge in [0.1, 0.15) is 0 Å². The smallest absolute Gasteiger partial charge is 0.258 e. The van der Waals surface area contributed by atoms with Crippen molar-refractivity contribution < 1.29 is 14.3 Å². The minimum Gasteiger partial charge on any atom is -0.493 e. The van der Waals surface area contributed by atoms with Gasteiger partial charge in [-0.2, -0.15) is 0 Å². The van der Waals surface area contributed by atoms with Crippen molar-refractivity contribution in [3.05, 3.63) is 66.5 Å². The number of hydrogen-bond donors (Lipinski definition) is 1. The lowest BCUT2D eigenvalue weighted by molar-refractivity contribution is -0.123. The molecule has 0 fully saturated rings. The molecule has 0 spiro atoms. The number of allylic oxidation sites excluding steroid dienone is 1. The number of pyridine rings is 1. The summed E-state index contributed by atoms with van der Waals surface area (Å²) in [4.78, 5) is 15.8. The lowest BCUT2D eigenvalue weighted by atomic mass is 10.1. The molecule has 120 valence electrons. The van der Waals surface area contributed by atoms with E-state index in [4.69, 9.17) is 9.47 Å². The highest BCUT2D eigenvalue weighted by molar-refractivity contribution is 5.77. The second kappa shape index (κ2) is 8.58. The molecule has 0 atom stereocenters. The molecule has 2 rings (SSSR count). The highest BCUT2D eigenvalue weighted by Crippen LogP contribution is 2.28. The molecule has 23 heavy (non-hydrogen) atoms. The number of hydrogen-bond acceptors (Lipinski definition) is 4. The van der Waals surface area contributed by atoms with Gasteiger partial charge in [-0.25, -0.2) is 0 Å². The number of rotatable bonds is 8. The minimum atomic E-state index is -0.203. The van der Waals surface area contributed by atoms with E-state index in [1.54, 1.807) is 25.6 Å². The Morgan fingerprint density at radius 2 is 2.17 bits per heavy atom. The topological polar surface area (TPSA) is 60.5 Å². The predicted octanol–water partition coefficient (Wildman–Crippen LogP) is 2.51. The second-order valence-corrected chi connectivity index (χ2v) is 4.90. The quantitative estimate of drug-likeness (QED) is 0.761. The number of methoxy groups -OCH3 is 1. The van der Waals surface area contributed by atoms with Crippen LogP contribution in [0.5, 0.6) is 11.5 Å². The average Bonchev–Trinajstić information content (AvgIpc) is 2.59. The molecule has 5 heteroatoms. The van der Waals surface area contributed by atoms with Crippen molar-refractivity contribution in [2.45, 2.75) is 13.0 Å². The predicted molar refractivity (Wildman–Crippen MR) is 88.5 cm³/mol. The Morgan fingerprint density at radius 3 is 2.87 bits per heavy atom. The number of amides is 1. The molecule has 0 saturated carbocycles. The fraction of sp³-hybridized carbons (Fsp3) is 0.222. The molecular weight excluding hydrogens is 292 g/mol. The Bertz CT molecular complexity index is 657. The number of carbonyl (C=O) groups is 1. The van der Waals surface area contributed by atoms with Crippen molar-refractivity contribution >= 4 is 5.91 Å². The van der Waals surface area contributed by atoms with Crippen LogP contribution in [0.15, 0.2) is 55.4 Å². The molecule has 1 N–H and O–H groups in total. The molecule has 0 aliphatic carbocycles. The monoisotopic (exact) mass is 312 g/mol. The summed E-state index contributed by atoms with van der Waals surface area (Å²) in [5, 5.41) is 2.78. The van der Waals surface area contributed by atoms with Crippen LogP contribution in [0.2, 0.25) is 0 Å². The number of aromatic nitrogens is 1. The van der Waals surface area contributed by atoms with Crippen LogP contribution in [0.3, 0.4) is 0 Å². The van der Waals surface area contributed by atoms with E-state index in [2.05, 4.69) is 16.9 Å². The summed E-state index contributed by atoms with van der Waals surface area (Å²) in [6.07, 6.45) is 5.97. The van der Waals surface area contributed by atoms with Crippen LogP contribution in [-0.2, 0) is 17.8 Å². The van der Waals surface area contributed by atoms with E-state index >= 15 is 0 Å². The van der Waals surface area contributed by atoms with Crippen LogP contribution >= 0.6 is 0 Å². The summed E-state index contributed by atoms with van der Waals surface area (Å²) < 4.78 is 10.8. The zero-order valence-electron chi connectivity index (χ0n) is 13.1. The minimum absolute atomic E-state index is 0.0720. The summed E-state index contributed by atoms with van der Waals surface area (Å²) in [5.74, 6) is 0.937. The summed E-state index contributed by atoms with van der Waals surface area (Å²) in [6.45, 7) is 4.06. The molecule has 0 aliphatic rings. The van der Waals surface area contributed by atoms with E-state index in [1.165, 1.54) is 0 Å². The third-order valence-corrected chi connectivity index (χ3v) is 3.18. The molecule has 1 aromatic carbocycles. The molecule has 1 aromatic heterocycles. The normalized spacial score (nSPS) is 9.96. The third kappa shape index (κ3) is 5.14. The molecule has 1 amide bonds. The Kier molecular flexibility index (Phi) is 6.17. The molecule has 0 radical (unpaired) electrons. The fourth-order valence-corrected chi connectivity index (χ4v) is 2.02. The van der Waals surface area contributed by atoms with Crippen LogP contribution in [0.1, 0.15) is 11.1 Å². The van der Waals surface area contributed by atoms with Crippen molar-refractivity contribution in [1.82, 2.24) is 10.3 Å². The summed E-state index contributed by atoms with van der Waals surface area (Å²) in [5.41, 5.74) is 2.01. The third-order valence-electron chi connectivity index (χ3n) is 3.18. The molecule has 5 nitrogen and oxygen atoms in total. The van der Waals surface area contributed by atoms with Crippen molar-refractivity contribution in [2.75, 3.05) is 13.7 Å². The van der Waals surface area contributed by atoms with Gasteiger partial charge in [-0.05, 0) is 35.7 Å². The summed E-state index contributed by atoms with van der Waals surface area (Å²) in [7, 11) is 1.57. The zero-order valence-corrected chi connectivity index (χ0v) is 13.1. The highest BCUT2D eigenvalue weighted by atomic mass is 16.5. The number of nitrogens with zero attached hydrogens (tertiary/aromatic N) is 1. The van der Waals surface area contributed by atoms with Crippen molar-refractivity contribution in [3.8, 4) is 11.5 Å². The fourth-order valence-electron chi connectivity index (χ4n) is 2.02. The van der Waals surface area contributed by atoms with Gasteiger partial charge in [0.05, 0.1) is 7.11 Å². The lowest BCUT2D eigenvalue weighted by Crippen LogP contribution is -2.28. The van der Waals surface area contributed by atoms with Gasteiger partial charge in [-0.15, -0.1) is 6.58 Å². The van der Waals surface area contributed by atoms with Gasteiger partial charge in [-0.1, -0.05) is 18.2 Å². The second-order valence-electron chi connectivity index (χ2n) is 4.90. The van der Waals surface area contributed by atoms with Crippen LogP contribution in [0.4, 0.5) is 0 Å². The van der Waals surface area contributed by atoms with E-state index in [1.807, 2.05) is 30.3 Å². The maximum Gasteiger partial charge on any atom is 0.258 e. The maximum atomic E-state index is 11.8. The Hall–Kier alpha value is -2.82. The summed E-state index contributed by atoms with van der Waals surface area (Å²) in [6, 6.07) is 9.33. The first-order valence-corrected chi connectivity index (χ1v) is 7.29. The first-order valence-electron chi connectivity index (χ1n) is 7.29. The zero-order chi connectivity index (χ0) is 16.5. The van der Waals surface area contributed by atoms with Crippen LogP contribution in [0, 0.1) is 0 Å². The van der Waals surface area contributed by atoms with Crippen LogP contribution in [0.25, 0.3) is 0 Å². The van der Waals surface area contributed by atoms with E-state index in [0.29, 0.717) is 18.0 Å². The SMILES string of the molecule is C=CCc1ccc(OCC(=O)NCc2cccnc2)c(OC)c1. The first kappa shape index (κ1) is 16.5. The van der Waals surface area contributed by atoms with Crippen molar-refractivity contribution in [3.63, 3.8) is 0 Å². The first-order chi connectivity index (χ1) is 11.2. The van der Waals surface area contributed by atoms with Gasteiger partial charge in [0, 0.05) is 18.9 Å². The lowest BCUT2D eigenvalue weighted by Gasteiger charge is -2.12. The molecule has 1 heterocycles. The average molecular weight is 312 g/mol. The Morgan fingerprint density at radius 1 is 1.30 bits per heavy atom.